The van der Waals surface area contributed by atoms with Crippen molar-refractivity contribution in [3.63, 3.8) is 0 Å². The summed E-state index contributed by atoms with van der Waals surface area (Å²) in [5.74, 6) is 0. The van der Waals surface area contributed by atoms with Gasteiger partial charge in [-0.15, -0.1) is 0 Å². The number of pyridine rings is 1. The minimum absolute atomic E-state index is 0.119. The van der Waals surface area contributed by atoms with E-state index in [-0.39, 0.29) is 21.5 Å². The van der Waals surface area contributed by atoms with Crippen molar-refractivity contribution >= 4 is 23.3 Å². The Morgan fingerprint density at radius 2 is 2.15 bits per heavy atom. The molecular formula is C16H17F2N5O2S. The number of nitrogens with zero attached hydrogens (tertiary/aromatic N) is 4. The van der Waals surface area contributed by atoms with Gasteiger partial charge in [-0.3, -0.25) is 14.5 Å². The summed E-state index contributed by atoms with van der Waals surface area (Å²) in [5.41, 5.74) is -0.260. The highest BCUT2D eigenvalue weighted by molar-refractivity contribution is 7.71. The fourth-order valence-corrected chi connectivity index (χ4v) is 3.00. The van der Waals surface area contributed by atoms with Crippen LogP contribution in [0.2, 0.25) is 0 Å². The van der Waals surface area contributed by atoms with Crippen molar-refractivity contribution in [3.05, 3.63) is 39.0 Å². The second-order valence-electron chi connectivity index (χ2n) is 5.73. The van der Waals surface area contributed by atoms with Crippen molar-refractivity contribution < 1.29 is 13.5 Å². The summed E-state index contributed by atoms with van der Waals surface area (Å²) in [5, 5.41) is 4.04. The zero-order valence-corrected chi connectivity index (χ0v) is 15.0. The van der Waals surface area contributed by atoms with Gasteiger partial charge in [-0.2, -0.15) is 5.10 Å². The van der Waals surface area contributed by atoms with Gasteiger partial charge in [0.05, 0.1) is 11.1 Å². The molecule has 0 atom stereocenters. The molecule has 138 valence electrons. The van der Waals surface area contributed by atoms with E-state index >= 15 is 0 Å². The number of alkyl halides is 2. The highest BCUT2D eigenvalue weighted by atomic mass is 32.1. The van der Waals surface area contributed by atoms with Gasteiger partial charge in [0.15, 0.2) is 4.77 Å². The zero-order valence-electron chi connectivity index (χ0n) is 14.2. The summed E-state index contributed by atoms with van der Waals surface area (Å²) in [6.07, 6.45) is -0.565. The van der Waals surface area contributed by atoms with Crippen LogP contribution in [-0.4, -0.2) is 38.0 Å². The number of aromatic amines is 1. The number of ether oxygens (including phenoxy) is 1. The van der Waals surface area contributed by atoms with Gasteiger partial charge < -0.3 is 9.30 Å². The number of rotatable bonds is 6. The van der Waals surface area contributed by atoms with E-state index in [9.17, 15) is 13.6 Å². The molecule has 0 aliphatic carbocycles. The molecule has 3 rings (SSSR count). The molecule has 0 fully saturated rings. The first kappa shape index (κ1) is 18.3. The molecule has 0 unspecified atom stereocenters. The summed E-state index contributed by atoms with van der Waals surface area (Å²) >= 11 is 5.21. The number of hydrogen-bond donors (Lipinski definition) is 1. The normalized spacial score (nSPS) is 11.6. The molecule has 0 amide bonds. The van der Waals surface area contributed by atoms with Gasteiger partial charge >= 0.3 is 0 Å². The summed E-state index contributed by atoms with van der Waals surface area (Å²) in [6, 6.07) is 2.87. The summed E-state index contributed by atoms with van der Waals surface area (Å²) in [6.45, 7) is 0.839. The topological polar surface area (TPSA) is 77.7 Å². The number of halogens is 2. The highest BCUT2D eigenvalue weighted by Crippen LogP contribution is 2.29. The average Bonchev–Trinajstić information content (AvgIpc) is 3.03. The number of aryl methyl sites for hydroxylation is 2. The Kier molecular flexibility index (Phi) is 5.23. The lowest BCUT2D eigenvalue weighted by Crippen LogP contribution is -2.18. The van der Waals surface area contributed by atoms with E-state index in [1.165, 1.54) is 6.07 Å². The number of aromatic nitrogens is 5. The van der Waals surface area contributed by atoms with Gasteiger partial charge in [0.2, 0.25) is 0 Å². The van der Waals surface area contributed by atoms with Crippen LogP contribution in [0.15, 0.2) is 23.1 Å². The van der Waals surface area contributed by atoms with E-state index in [0.717, 1.165) is 0 Å². The number of methoxy groups -OCH3 is 1. The smallest absolute Gasteiger partial charge is 0.264 e. The lowest BCUT2D eigenvalue weighted by Gasteiger charge is -2.13. The third-order valence-corrected chi connectivity index (χ3v) is 4.24. The van der Waals surface area contributed by atoms with Gasteiger partial charge in [-0.1, -0.05) is 0 Å². The molecule has 0 radical (unpaired) electrons. The van der Waals surface area contributed by atoms with E-state index in [0.29, 0.717) is 25.3 Å². The fraction of sp³-hybridized carbons (Fsp3) is 0.375. The SMILES string of the molecule is COCCCn1c(=S)[nH]c(=O)c2c(C(F)F)cc(-c3ccn(C)n3)nc21. The maximum Gasteiger partial charge on any atom is 0.264 e. The summed E-state index contributed by atoms with van der Waals surface area (Å²) in [4.78, 5) is 19.2. The van der Waals surface area contributed by atoms with Gasteiger partial charge in [0.1, 0.15) is 11.3 Å². The minimum atomic E-state index is -2.84. The molecule has 0 saturated heterocycles. The second-order valence-corrected chi connectivity index (χ2v) is 6.11. The van der Waals surface area contributed by atoms with Crippen molar-refractivity contribution in [2.45, 2.75) is 19.4 Å². The third kappa shape index (κ3) is 3.42. The van der Waals surface area contributed by atoms with Crippen LogP contribution in [0.25, 0.3) is 22.4 Å². The molecule has 0 aliphatic rings. The van der Waals surface area contributed by atoms with Crippen molar-refractivity contribution in [1.29, 1.82) is 0 Å². The maximum absolute atomic E-state index is 13.7. The van der Waals surface area contributed by atoms with Crippen LogP contribution in [0, 0.1) is 4.77 Å². The Labute approximate surface area is 152 Å². The molecule has 0 spiro atoms. The van der Waals surface area contributed by atoms with Crippen LogP contribution in [0.4, 0.5) is 8.78 Å². The predicted molar refractivity (Wildman–Crippen MR) is 94.8 cm³/mol. The van der Waals surface area contributed by atoms with Crippen molar-refractivity contribution in [1.82, 2.24) is 24.3 Å². The maximum atomic E-state index is 13.7. The van der Waals surface area contributed by atoms with E-state index in [1.54, 1.807) is 35.7 Å². The predicted octanol–water partition coefficient (Wildman–Crippen LogP) is 2.83. The number of fused-ring (bicyclic) bond motifs is 1. The van der Waals surface area contributed by atoms with Gasteiger partial charge in [0.25, 0.3) is 12.0 Å². The molecule has 3 aromatic rings. The molecule has 26 heavy (non-hydrogen) atoms. The number of nitrogens with one attached hydrogen (secondary N) is 1. The van der Waals surface area contributed by atoms with Crippen LogP contribution in [0.5, 0.6) is 0 Å². The molecule has 0 aromatic carbocycles. The minimum Gasteiger partial charge on any atom is -0.385 e. The van der Waals surface area contributed by atoms with Crippen molar-refractivity contribution in [3.8, 4) is 11.4 Å². The van der Waals surface area contributed by atoms with Gasteiger partial charge in [-0.25, -0.2) is 13.8 Å². The average molecular weight is 381 g/mol. The largest absolute Gasteiger partial charge is 0.385 e. The third-order valence-electron chi connectivity index (χ3n) is 3.92. The molecule has 3 heterocycles. The Balaban J connectivity index is 2.31. The van der Waals surface area contributed by atoms with Crippen LogP contribution in [0.1, 0.15) is 18.4 Å². The first-order chi connectivity index (χ1) is 12.4. The zero-order chi connectivity index (χ0) is 18.8. The molecule has 0 saturated carbocycles. The molecule has 3 aromatic heterocycles. The molecule has 1 N–H and O–H groups in total. The van der Waals surface area contributed by atoms with Crippen molar-refractivity contribution in [2.75, 3.05) is 13.7 Å². The molecule has 0 aliphatic heterocycles. The monoisotopic (exact) mass is 381 g/mol. The van der Waals surface area contributed by atoms with Crippen LogP contribution in [-0.2, 0) is 18.3 Å². The van der Waals surface area contributed by atoms with Crippen molar-refractivity contribution in [2.24, 2.45) is 7.05 Å². The molecular weight excluding hydrogens is 364 g/mol. The quantitative estimate of drug-likeness (QED) is 0.525. The van der Waals surface area contributed by atoms with Gasteiger partial charge in [-0.05, 0) is 30.8 Å². The van der Waals surface area contributed by atoms with Crippen LogP contribution in [0.3, 0.4) is 0 Å². The first-order valence-electron chi connectivity index (χ1n) is 7.87. The molecule has 7 nitrogen and oxygen atoms in total. The van der Waals surface area contributed by atoms with E-state index in [1.807, 2.05) is 0 Å². The lowest BCUT2D eigenvalue weighted by atomic mass is 10.1. The molecule has 10 heteroatoms. The van der Waals surface area contributed by atoms with E-state index in [2.05, 4.69) is 15.1 Å². The second kappa shape index (κ2) is 7.42. The standard InChI is InChI=1S/C16H17F2N5O2S/c1-22-6-4-10(21-22)11-8-9(13(17)18)12-14(19-11)23(5-3-7-25-2)16(26)20-15(12)24/h4,6,8,13H,3,5,7H2,1-2H3,(H,20,24,26). The van der Waals surface area contributed by atoms with Crippen LogP contribution >= 0.6 is 12.2 Å². The van der Waals surface area contributed by atoms with E-state index in [4.69, 9.17) is 17.0 Å². The number of hydrogen-bond acceptors (Lipinski definition) is 5. The Morgan fingerprint density at radius 1 is 1.38 bits per heavy atom. The Hall–Kier alpha value is -2.46. The fourth-order valence-electron chi connectivity index (χ4n) is 2.73. The van der Waals surface area contributed by atoms with Crippen LogP contribution < -0.4 is 5.56 Å². The Morgan fingerprint density at radius 3 is 2.77 bits per heavy atom. The first-order valence-corrected chi connectivity index (χ1v) is 8.28. The number of H-pyrrole nitrogens is 1. The van der Waals surface area contributed by atoms with Gasteiger partial charge in [0, 0.05) is 39.1 Å². The summed E-state index contributed by atoms with van der Waals surface area (Å²) in [7, 11) is 3.28. The highest BCUT2D eigenvalue weighted by Gasteiger charge is 2.21. The Bertz CT molecular complexity index is 1060. The lowest BCUT2D eigenvalue weighted by molar-refractivity contribution is 0.153. The van der Waals surface area contributed by atoms with E-state index < -0.39 is 17.5 Å². The molecule has 0 bridgehead atoms. The summed E-state index contributed by atoms with van der Waals surface area (Å²) < 4.78 is 35.6.